The predicted octanol–water partition coefficient (Wildman–Crippen LogP) is 1.05. The molecule has 0 aliphatic rings. The summed E-state index contributed by atoms with van der Waals surface area (Å²) in [5, 5.41) is 14.6. The lowest BCUT2D eigenvalue weighted by atomic mass is 10.2. The Kier molecular flexibility index (Phi) is 3.21. The first-order valence-corrected chi connectivity index (χ1v) is 6.43. The van der Waals surface area contributed by atoms with Gasteiger partial charge in [0.15, 0.2) is 0 Å². The number of H-pyrrole nitrogens is 1. The molecule has 0 bridgehead atoms. The molecule has 3 N–H and O–H groups in total. The van der Waals surface area contributed by atoms with Crippen LogP contribution in [0, 0.1) is 5.82 Å². The lowest BCUT2D eigenvalue weighted by Crippen LogP contribution is -2.15. The van der Waals surface area contributed by atoms with E-state index in [9.17, 15) is 17.6 Å². The van der Waals surface area contributed by atoms with E-state index >= 15 is 0 Å². The average Bonchev–Trinajstić information content (AvgIpc) is 2.81. The SMILES string of the molecule is O=C(O)c1ccc(F)c(S(=O)(=O)Nc2ccn[nH]2)c1. The van der Waals surface area contributed by atoms with Gasteiger partial charge in [-0.2, -0.15) is 5.10 Å². The van der Waals surface area contributed by atoms with Crippen LogP contribution in [0.5, 0.6) is 0 Å². The Balaban J connectivity index is 2.45. The molecular weight excluding hydrogens is 277 g/mol. The van der Waals surface area contributed by atoms with Crippen LogP contribution in [0.2, 0.25) is 0 Å². The molecule has 1 aromatic carbocycles. The Morgan fingerprint density at radius 3 is 2.68 bits per heavy atom. The molecule has 1 aromatic heterocycles. The van der Waals surface area contributed by atoms with Crippen LogP contribution in [0.1, 0.15) is 10.4 Å². The number of nitrogens with zero attached hydrogens (tertiary/aromatic N) is 1. The molecule has 9 heteroatoms. The molecule has 0 saturated heterocycles. The Morgan fingerprint density at radius 2 is 2.11 bits per heavy atom. The second-order valence-corrected chi connectivity index (χ2v) is 5.18. The number of hydrogen-bond donors (Lipinski definition) is 3. The molecule has 0 saturated carbocycles. The van der Waals surface area contributed by atoms with Crippen LogP contribution >= 0.6 is 0 Å². The van der Waals surface area contributed by atoms with Crippen molar-refractivity contribution < 1.29 is 22.7 Å². The zero-order chi connectivity index (χ0) is 14.0. The number of halogens is 1. The number of aromatic nitrogens is 2. The highest BCUT2D eigenvalue weighted by molar-refractivity contribution is 7.92. The van der Waals surface area contributed by atoms with E-state index in [1.165, 1.54) is 12.3 Å². The fourth-order valence-corrected chi connectivity index (χ4v) is 2.47. The highest BCUT2D eigenvalue weighted by Crippen LogP contribution is 2.19. The quantitative estimate of drug-likeness (QED) is 0.777. The molecule has 0 unspecified atom stereocenters. The summed E-state index contributed by atoms with van der Waals surface area (Å²) in [6, 6.07) is 3.84. The molecule has 0 aliphatic heterocycles. The first-order valence-electron chi connectivity index (χ1n) is 4.95. The Labute approximate surface area is 107 Å². The van der Waals surface area contributed by atoms with Crippen LogP contribution in [0.25, 0.3) is 0 Å². The fraction of sp³-hybridized carbons (Fsp3) is 0. The molecule has 2 rings (SSSR count). The van der Waals surface area contributed by atoms with Crippen LogP contribution in [0.3, 0.4) is 0 Å². The lowest BCUT2D eigenvalue weighted by molar-refractivity contribution is 0.0696. The van der Waals surface area contributed by atoms with Crippen LogP contribution < -0.4 is 4.72 Å². The van der Waals surface area contributed by atoms with Gasteiger partial charge in [-0.25, -0.2) is 17.6 Å². The molecule has 0 atom stereocenters. The number of aromatic amines is 1. The number of sulfonamides is 1. The largest absolute Gasteiger partial charge is 0.478 e. The number of aromatic carboxylic acids is 1. The highest BCUT2D eigenvalue weighted by Gasteiger charge is 2.21. The highest BCUT2D eigenvalue weighted by atomic mass is 32.2. The topological polar surface area (TPSA) is 112 Å². The average molecular weight is 285 g/mol. The van der Waals surface area contributed by atoms with Crippen molar-refractivity contribution in [2.75, 3.05) is 4.72 Å². The van der Waals surface area contributed by atoms with E-state index in [2.05, 4.69) is 10.2 Å². The van der Waals surface area contributed by atoms with Gasteiger partial charge < -0.3 is 5.11 Å². The number of benzene rings is 1. The summed E-state index contributed by atoms with van der Waals surface area (Å²) in [7, 11) is -4.23. The van der Waals surface area contributed by atoms with Gasteiger partial charge in [-0.1, -0.05) is 0 Å². The van der Waals surface area contributed by atoms with Gasteiger partial charge in [0.1, 0.15) is 16.5 Å². The van der Waals surface area contributed by atoms with Crippen molar-refractivity contribution in [2.24, 2.45) is 0 Å². The Bertz CT molecular complexity index is 712. The van der Waals surface area contributed by atoms with Gasteiger partial charge in [0.05, 0.1) is 11.8 Å². The molecule has 0 spiro atoms. The van der Waals surface area contributed by atoms with E-state index in [-0.39, 0.29) is 11.4 Å². The van der Waals surface area contributed by atoms with Crippen molar-refractivity contribution in [3.63, 3.8) is 0 Å². The number of nitrogens with one attached hydrogen (secondary N) is 2. The molecule has 0 aliphatic carbocycles. The molecular formula is C10H8FN3O4S. The van der Waals surface area contributed by atoms with Crippen molar-refractivity contribution >= 4 is 21.8 Å². The maximum atomic E-state index is 13.5. The summed E-state index contributed by atoms with van der Waals surface area (Å²) >= 11 is 0. The molecule has 0 amide bonds. The van der Waals surface area contributed by atoms with Crippen molar-refractivity contribution in [3.8, 4) is 0 Å². The third kappa shape index (κ3) is 2.71. The van der Waals surface area contributed by atoms with Crippen LogP contribution in [-0.4, -0.2) is 29.7 Å². The van der Waals surface area contributed by atoms with E-state index in [0.29, 0.717) is 0 Å². The number of carboxylic acids is 1. The number of anilines is 1. The van der Waals surface area contributed by atoms with E-state index in [1.54, 1.807) is 0 Å². The monoisotopic (exact) mass is 285 g/mol. The van der Waals surface area contributed by atoms with E-state index in [1.807, 2.05) is 4.72 Å². The molecule has 2 aromatic rings. The van der Waals surface area contributed by atoms with Crippen LogP contribution in [0.4, 0.5) is 10.2 Å². The Morgan fingerprint density at radius 1 is 1.37 bits per heavy atom. The maximum absolute atomic E-state index is 13.5. The molecule has 0 fully saturated rings. The second kappa shape index (κ2) is 4.69. The minimum atomic E-state index is -4.23. The molecule has 7 nitrogen and oxygen atoms in total. The van der Waals surface area contributed by atoms with Crippen molar-refractivity contribution in [3.05, 3.63) is 41.8 Å². The number of hydrogen-bond acceptors (Lipinski definition) is 4. The lowest BCUT2D eigenvalue weighted by Gasteiger charge is -2.07. The zero-order valence-corrected chi connectivity index (χ0v) is 10.1. The fourth-order valence-electron chi connectivity index (χ4n) is 1.35. The summed E-state index contributed by atoms with van der Waals surface area (Å²) in [5.74, 6) is -2.35. The smallest absolute Gasteiger partial charge is 0.335 e. The van der Waals surface area contributed by atoms with Crippen molar-refractivity contribution in [1.29, 1.82) is 0 Å². The molecule has 1 heterocycles. The summed E-state index contributed by atoms with van der Waals surface area (Å²) in [4.78, 5) is 10.0. The van der Waals surface area contributed by atoms with E-state index < -0.39 is 26.7 Å². The van der Waals surface area contributed by atoms with E-state index in [4.69, 9.17) is 5.11 Å². The number of rotatable bonds is 4. The van der Waals surface area contributed by atoms with Gasteiger partial charge in [0, 0.05) is 6.07 Å². The summed E-state index contributed by atoms with van der Waals surface area (Å²) in [6.45, 7) is 0. The molecule has 0 radical (unpaired) electrons. The summed E-state index contributed by atoms with van der Waals surface area (Å²) in [5.41, 5.74) is -0.327. The normalized spacial score (nSPS) is 11.2. The van der Waals surface area contributed by atoms with Gasteiger partial charge >= 0.3 is 5.97 Å². The van der Waals surface area contributed by atoms with Gasteiger partial charge in [-0.15, -0.1) is 0 Å². The molecule has 19 heavy (non-hydrogen) atoms. The number of carboxylic acid groups (broad SMARTS) is 1. The van der Waals surface area contributed by atoms with Crippen LogP contribution in [0.15, 0.2) is 35.4 Å². The second-order valence-electron chi connectivity index (χ2n) is 3.53. The first-order chi connectivity index (χ1) is 8.90. The summed E-state index contributed by atoms with van der Waals surface area (Å²) in [6.07, 6.45) is 1.31. The van der Waals surface area contributed by atoms with Gasteiger partial charge in [0.2, 0.25) is 0 Å². The third-order valence-electron chi connectivity index (χ3n) is 2.21. The summed E-state index contributed by atoms with van der Waals surface area (Å²) < 4.78 is 39.4. The minimum Gasteiger partial charge on any atom is -0.478 e. The van der Waals surface area contributed by atoms with Crippen molar-refractivity contribution in [1.82, 2.24) is 10.2 Å². The minimum absolute atomic E-state index is 0.0418. The van der Waals surface area contributed by atoms with Crippen molar-refractivity contribution in [2.45, 2.75) is 4.90 Å². The van der Waals surface area contributed by atoms with E-state index in [0.717, 1.165) is 18.2 Å². The maximum Gasteiger partial charge on any atom is 0.335 e. The Hall–Kier alpha value is -2.42. The number of carbonyl (C=O) groups is 1. The van der Waals surface area contributed by atoms with Gasteiger partial charge in [-0.05, 0) is 18.2 Å². The standard InChI is InChI=1S/C10H8FN3O4S/c11-7-2-1-6(10(15)16)5-8(7)19(17,18)14-9-3-4-12-13-9/h1-5H,(H,15,16)(H2,12,13,14). The molecule has 100 valence electrons. The van der Waals surface area contributed by atoms with Gasteiger partial charge in [0.25, 0.3) is 10.0 Å². The van der Waals surface area contributed by atoms with Gasteiger partial charge in [-0.3, -0.25) is 9.82 Å². The first kappa shape index (κ1) is 13.0. The van der Waals surface area contributed by atoms with Crippen LogP contribution in [-0.2, 0) is 10.0 Å². The third-order valence-corrected chi connectivity index (χ3v) is 3.59. The zero-order valence-electron chi connectivity index (χ0n) is 9.29. The predicted molar refractivity (Wildman–Crippen MR) is 62.8 cm³/mol.